The third kappa shape index (κ3) is 7.10. The molecule has 2 nitrogen and oxygen atoms in total. The molecule has 0 aliphatic carbocycles. The van der Waals surface area contributed by atoms with Crippen LogP contribution in [0.1, 0.15) is 27.7 Å². The topological polar surface area (TPSA) is 24.4 Å². The van der Waals surface area contributed by atoms with Crippen molar-refractivity contribution in [2.45, 2.75) is 33.2 Å². The summed E-state index contributed by atoms with van der Waals surface area (Å²) >= 11 is 0. The predicted octanol–water partition coefficient (Wildman–Crippen LogP) is 1.98. The molecule has 0 aliphatic rings. The first-order chi connectivity index (χ1) is 4.95. The molecule has 0 aliphatic heterocycles. The van der Waals surface area contributed by atoms with Crippen molar-refractivity contribution in [2.75, 3.05) is 6.54 Å². The molecule has 0 radical (unpaired) electrons. The van der Waals surface area contributed by atoms with Gasteiger partial charge in [0, 0.05) is 5.54 Å². The normalized spacial score (nSPS) is 12.9. The number of hydrogen-bond donors (Lipinski definition) is 1. The van der Waals surface area contributed by atoms with E-state index in [1.807, 2.05) is 6.92 Å². The van der Waals surface area contributed by atoms with Gasteiger partial charge in [0.15, 0.2) is 0 Å². The third-order valence-corrected chi connectivity index (χ3v) is 1.01. The molecule has 11 heavy (non-hydrogen) atoms. The van der Waals surface area contributed by atoms with Gasteiger partial charge < -0.3 is 5.32 Å². The Kier molecular flexibility index (Phi) is 3.86. The number of hydrogen-bond acceptors (Lipinski definition) is 1. The lowest BCUT2D eigenvalue weighted by molar-refractivity contribution is 0.510. The minimum Gasteiger partial charge on any atom is -0.369 e. The fraction of sp³-hybridized carbons (Fsp3) is 0.667. The van der Waals surface area contributed by atoms with Gasteiger partial charge in [0.2, 0.25) is 0 Å². The summed E-state index contributed by atoms with van der Waals surface area (Å²) in [6.07, 6.45) is 1.79. The SMILES string of the molecule is C=CCN=C(C)NC(C)(C)C. The molecule has 0 rings (SSSR count). The zero-order chi connectivity index (χ0) is 8.91. The summed E-state index contributed by atoms with van der Waals surface area (Å²) in [5.74, 6) is 0.970. The lowest BCUT2D eigenvalue weighted by Gasteiger charge is -2.21. The summed E-state index contributed by atoms with van der Waals surface area (Å²) in [7, 11) is 0. The lowest BCUT2D eigenvalue weighted by Crippen LogP contribution is -2.39. The highest BCUT2D eigenvalue weighted by Crippen LogP contribution is 1.97. The summed E-state index contributed by atoms with van der Waals surface area (Å²) in [5.41, 5.74) is 0.106. The van der Waals surface area contributed by atoms with Crippen LogP contribution in [-0.4, -0.2) is 17.9 Å². The average molecular weight is 154 g/mol. The van der Waals surface area contributed by atoms with Crippen LogP contribution in [0.5, 0.6) is 0 Å². The number of aliphatic imine (C=N–C) groups is 1. The molecule has 0 fully saturated rings. The van der Waals surface area contributed by atoms with Gasteiger partial charge in [0.1, 0.15) is 0 Å². The Morgan fingerprint density at radius 1 is 1.55 bits per heavy atom. The van der Waals surface area contributed by atoms with E-state index >= 15 is 0 Å². The Balaban J connectivity index is 3.85. The fourth-order valence-corrected chi connectivity index (χ4v) is 0.784. The first-order valence-corrected chi connectivity index (χ1v) is 3.86. The van der Waals surface area contributed by atoms with Gasteiger partial charge in [0.05, 0.1) is 12.4 Å². The monoisotopic (exact) mass is 154 g/mol. The van der Waals surface area contributed by atoms with Gasteiger partial charge in [-0.05, 0) is 27.7 Å². The summed E-state index contributed by atoms with van der Waals surface area (Å²) in [4.78, 5) is 4.22. The molecule has 1 N–H and O–H groups in total. The smallest absolute Gasteiger partial charge is 0.0939 e. The molecule has 0 spiro atoms. The minimum atomic E-state index is 0.106. The summed E-state index contributed by atoms with van der Waals surface area (Å²) < 4.78 is 0. The number of nitrogens with zero attached hydrogens (tertiary/aromatic N) is 1. The largest absolute Gasteiger partial charge is 0.369 e. The van der Waals surface area contributed by atoms with Crippen LogP contribution < -0.4 is 5.32 Å². The van der Waals surface area contributed by atoms with Crippen molar-refractivity contribution in [3.63, 3.8) is 0 Å². The third-order valence-electron chi connectivity index (χ3n) is 1.01. The highest BCUT2D eigenvalue weighted by atomic mass is 15.0. The maximum Gasteiger partial charge on any atom is 0.0939 e. The van der Waals surface area contributed by atoms with E-state index in [4.69, 9.17) is 0 Å². The zero-order valence-corrected chi connectivity index (χ0v) is 7.94. The molecular weight excluding hydrogens is 136 g/mol. The number of nitrogens with one attached hydrogen (secondary N) is 1. The molecule has 0 amide bonds. The Morgan fingerprint density at radius 3 is 2.45 bits per heavy atom. The maximum atomic E-state index is 4.22. The van der Waals surface area contributed by atoms with Crippen LogP contribution in [0, 0.1) is 0 Å². The van der Waals surface area contributed by atoms with E-state index in [2.05, 4.69) is 37.7 Å². The maximum absolute atomic E-state index is 4.22. The van der Waals surface area contributed by atoms with E-state index in [1.165, 1.54) is 0 Å². The standard InChI is InChI=1S/C9H18N2/c1-6-7-10-8(2)11-9(3,4)5/h6H,1,7H2,2-5H3,(H,10,11). The van der Waals surface area contributed by atoms with Gasteiger partial charge >= 0.3 is 0 Å². The highest BCUT2D eigenvalue weighted by molar-refractivity contribution is 5.80. The second-order valence-electron chi connectivity index (χ2n) is 3.59. The summed E-state index contributed by atoms with van der Waals surface area (Å²) in [6.45, 7) is 12.6. The van der Waals surface area contributed by atoms with Crippen molar-refractivity contribution in [2.24, 2.45) is 4.99 Å². The van der Waals surface area contributed by atoms with Crippen molar-refractivity contribution in [1.82, 2.24) is 5.32 Å². The average Bonchev–Trinajstić information content (AvgIpc) is 1.79. The molecule has 0 aromatic rings. The second kappa shape index (κ2) is 4.16. The predicted molar refractivity (Wildman–Crippen MR) is 51.1 cm³/mol. The Morgan fingerprint density at radius 2 is 2.09 bits per heavy atom. The molecule has 0 aromatic heterocycles. The Hall–Kier alpha value is -0.790. The van der Waals surface area contributed by atoms with Crippen LogP contribution in [0.3, 0.4) is 0 Å². The molecule has 0 heterocycles. The van der Waals surface area contributed by atoms with E-state index < -0.39 is 0 Å². The first-order valence-electron chi connectivity index (χ1n) is 3.86. The van der Waals surface area contributed by atoms with Gasteiger partial charge in [0.25, 0.3) is 0 Å². The molecule has 0 atom stereocenters. The van der Waals surface area contributed by atoms with E-state index in [-0.39, 0.29) is 5.54 Å². The van der Waals surface area contributed by atoms with Crippen LogP contribution in [0.15, 0.2) is 17.6 Å². The van der Waals surface area contributed by atoms with Crippen LogP contribution in [0.25, 0.3) is 0 Å². The van der Waals surface area contributed by atoms with Crippen molar-refractivity contribution < 1.29 is 0 Å². The Labute approximate surface area is 69.4 Å². The molecule has 0 bridgehead atoms. The molecule has 64 valence electrons. The Bertz CT molecular complexity index is 151. The number of amidine groups is 1. The molecule has 0 aromatic carbocycles. The van der Waals surface area contributed by atoms with Crippen LogP contribution in [-0.2, 0) is 0 Å². The van der Waals surface area contributed by atoms with Crippen LogP contribution in [0.2, 0.25) is 0 Å². The number of rotatable bonds is 2. The van der Waals surface area contributed by atoms with Gasteiger partial charge in [-0.2, -0.15) is 0 Å². The van der Waals surface area contributed by atoms with Gasteiger partial charge in [-0.25, -0.2) is 0 Å². The van der Waals surface area contributed by atoms with Crippen molar-refractivity contribution >= 4 is 5.84 Å². The molecule has 2 heteroatoms. The van der Waals surface area contributed by atoms with Crippen molar-refractivity contribution in [3.05, 3.63) is 12.7 Å². The first kappa shape index (κ1) is 10.2. The summed E-state index contributed by atoms with van der Waals surface area (Å²) in [5, 5.41) is 3.26. The summed E-state index contributed by atoms with van der Waals surface area (Å²) in [6, 6.07) is 0. The lowest BCUT2D eigenvalue weighted by atomic mass is 10.1. The highest BCUT2D eigenvalue weighted by Gasteiger charge is 2.08. The van der Waals surface area contributed by atoms with Crippen LogP contribution >= 0.6 is 0 Å². The van der Waals surface area contributed by atoms with E-state index in [0.717, 1.165) is 5.84 Å². The van der Waals surface area contributed by atoms with Crippen molar-refractivity contribution in [1.29, 1.82) is 0 Å². The van der Waals surface area contributed by atoms with E-state index in [1.54, 1.807) is 6.08 Å². The zero-order valence-electron chi connectivity index (χ0n) is 7.94. The minimum absolute atomic E-state index is 0.106. The molecular formula is C9H18N2. The van der Waals surface area contributed by atoms with Gasteiger partial charge in [-0.3, -0.25) is 4.99 Å². The van der Waals surface area contributed by atoms with Crippen molar-refractivity contribution in [3.8, 4) is 0 Å². The quantitative estimate of drug-likeness (QED) is 0.367. The fourth-order valence-electron chi connectivity index (χ4n) is 0.784. The second-order valence-corrected chi connectivity index (χ2v) is 3.59. The van der Waals surface area contributed by atoms with Gasteiger partial charge in [-0.1, -0.05) is 6.08 Å². The van der Waals surface area contributed by atoms with E-state index in [0.29, 0.717) is 6.54 Å². The van der Waals surface area contributed by atoms with Gasteiger partial charge in [-0.15, -0.1) is 6.58 Å². The van der Waals surface area contributed by atoms with Crippen LogP contribution in [0.4, 0.5) is 0 Å². The van der Waals surface area contributed by atoms with E-state index in [9.17, 15) is 0 Å². The molecule has 0 unspecified atom stereocenters. The molecule has 0 saturated carbocycles. The molecule has 0 saturated heterocycles.